The van der Waals surface area contributed by atoms with Crippen LogP contribution >= 0.6 is 12.4 Å². The first-order chi connectivity index (χ1) is 6.77. The summed E-state index contributed by atoms with van der Waals surface area (Å²) in [6.07, 6.45) is 4.74. The number of nitrogens with zero attached hydrogens (tertiary/aromatic N) is 2. The summed E-state index contributed by atoms with van der Waals surface area (Å²) in [6, 6.07) is 10.6. The van der Waals surface area contributed by atoms with Gasteiger partial charge < -0.3 is 9.80 Å². The molecule has 15 heavy (non-hydrogen) atoms. The first-order valence-electron chi connectivity index (χ1n) is 4.97. The second kappa shape index (κ2) is 5.08. The van der Waals surface area contributed by atoms with Crippen molar-refractivity contribution >= 4 is 12.4 Å². The molecule has 0 spiro atoms. The monoisotopic (exact) mass is 224 g/mol. The lowest BCUT2D eigenvalue weighted by Crippen LogP contribution is -2.32. The van der Waals surface area contributed by atoms with Crippen molar-refractivity contribution in [3.05, 3.63) is 48.3 Å². The highest BCUT2D eigenvalue weighted by atomic mass is 35.5. The summed E-state index contributed by atoms with van der Waals surface area (Å²) >= 11 is 0. The lowest BCUT2D eigenvalue weighted by Gasteiger charge is -2.27. The van der Waals surface area contributed by atoms with Crippen LogP contribution < -0.4 is 0 Å². The van der Waals surface area contributed by atoms with Crippen LogP contribution in [0.4, 0.5) is 0 Å². The van der Waals surface area contributed by atoms with Crippen LogP contribution in [0.1, 0.15) is 12.5 Å². The fourth-order valence-corrected chi connectivity index (χ4v) is 1.65. The lowest BCUT2D eigenvalue weighted by molar-refractivity contribution is 0.189. The molecular weight excluding hydrogens is 208 g/mol. The summed E-state index contributed by atoms with van der Waals surface area (Å²) in [5, 5.41) is 0. The van der Waals surface area contributed by atoms with E-state index < -0.39 is 0 Å². The quantitative estimate of drug-likeness (QED) is 0.762. The van der Waals surface area contributed by atoms with E-state index in [4.69, 9.17) is 0 Å². The van der Waals surface area contributed by atoms with Gasteiger partial charge in [-0.2, -0.15) is 0 Å². The van der Waals surface area contributed by atoms with E-state index in [1.807, 2.05) is 0 Å². The van der Waals surface area contributed by atoms with E-state index in [1.54, 1.807) is 0 Å². The molecule has 1 unspecified atom stereocenters. The Morgan fingerprint density at radius 3 is 2.33 bits per heavy atom. The maximum atomic E-state index is 2.33. The standard InChI is InChI=1S/C12H16N2.ClH/c1-11-13(2)8-9-14(11)10-12-6-4-3-5-7-12;/h3-9,11H,10H2,1-2H3;1H. The SMILES string of the molecule is CC1N(C)C=CN1Cc1ccccc1.Cl. The molecule has 1 aliphatic rings. The van der Waals surface area contributed by atoms with Crippen LogP contribution in [0.5, 0.6) is 0 Å². The molecule has 0 saturated heterocycles. The minimum atomic E-state index is 0. The van der Waals surface area contributed by atoms with Crippen molar-refractivity contribution in [1.29, 1.82) is 0 Å². The van der Waals surface area contributed by atoms with Crippen molar-refractivity contribution in [3.8, 4) is 0 Å². The highest BCUT2D eigenvalue weighted by Gasteiger charge is 2.17. The molecule has 1 atom stereocenters. The van der Waals surface area contributed by atoms with Crippen molar-refractivity contribution in [2.24, 2.45) is 0 Å². The molecule has 0 bridgehead atoms. The smallest absolute Gasteiger partial charge is 0.0978 e. The zero-order chi connectivity index (χ0) is 9.97. The Balaban J connectivity index is 0.00000112. The summed E-state index contributed by atoms with van der Waals surface area (Å²) < 4.78 is 0. The molecule has 2 rings (SSSR count). The number of rotatable bonds is 2. The predicted octanol–water partition coefficient (Wildman–Crippen LogP) is 2.67. The Bertz CT molecular complexity index is 324. The molecule has 0 N–H and O–H groups in total. The highest BCUT2D eigenvalue weighted by molar-refractivity contribution is 5.85. The van der Waals surface area contributed by atoms with Gasteiger partial charge in [-0.1, -0.05) is 30.3 Å². The molecule has 1 aromatic rings. The van der Waals surface area contributed by atoms with Gasteiger partial charge in [-0.15, -0.1) is 12.4 Å². The molecule has 0 aromatic heterocycles. The van der Waals surface area contributed by atoms with Gasteiger partial charge in [0.1, 0.15) is 0 Å². The van der Waals surface area contributed by atoms with Crippen molar-refractivity contribution in [1.82, 2.24) is 9.80 Å². The summed E-state index contributed by atoms with van der Waals surface area (Å²) in [6.45, 7) is 3.20. The van der Waals surface area contributed by atoms with Crippen molar-refractivity contribution in [3.63, 3.8) is 0 Å². The highest BCUT2D eigenvalue weighted by Crippen LogP contribution is 2.16. The molecule has 2 nitrogen and oxygen atoms in total. The van der Waals surface area contributed by atoms with Crippen LogP contribution in [-0.4, -0.2) is 23.0 Å². The van der Waals surface area contributed by atoms with Gasteiger partial charge in [-0.05, 0) is 12.5 Å². The van der Waals surface area contributed by atoms with E-state index in [0.29, 0.717) is 6.17 Å². The molecule has 0 aliphatic carbocycles. The van der Waals surface area contributed by atoms with Crippen LogP contribution in [0.2, 0.25) is 0 Å². The van der Waals surface area contributed by atoms with Crippen molar-refractivity contribution in [2.45, 2.75) is 19.6 Å². The van der Waals surface area contributed by atoms with Gasteiger partial charge in [0.25, 0.3) is 0 Å². The van der Waals surface area contributed by atoms with E-state index in [1.165, 1.54) is 5.56 Å². The third-order valence-corrected chi connectivity index (χ3v) is 2.77. The Hall–Kier alpha value is -1.15. The Labute approximate surface area is 97.6 Å². The Morgan fingerprint density at radius 2 is 1.80 bits per heavy atom. The summed E-state index contributed by atoms with van der Waals surface area (Å²) in [5.74, 6) is 0. The Morgan fingerprint density at radius 1 is 1.13 bits per heavy atom. The molecule has 0 amide bonds. The zero-order valence-electron chi connectivity index (χ0n) is 9.13. The molecule has 1 heterocycles. The minimum Gasteiger partial charge on any atom is -0.359 e. The van der Waals surface area contributed by atoms with Crippen LogP contribution in [0, 0.1) is 0 Å². The van der Waals surface area contributed by atoms with E-state index >= 15 is 0 Å². The van der Waals surface area contributed by atoms with Crippen LogP contribution in [-0.2, 0) is 6.54 Å². The first kappa shape index (κ1) is 11.9. The van der Waals surface area contributed by atoms with E-state index in [9.17, 15) is 0 Å². The molecule has 0 saturated carbocycles. The van der Waals surface area contributed by atoms with Crippen molar-refractivity contribution in [2.75, 3.05) is 7.05 Å². The molecule has 3 heteroatoms. The topological polar surface area (TPSA) is 6.48 Å². The second-order valence-electron chi connectivity index (χ2n) is 3.75. The summed E-state index contributed by atoms with van der Waals surface area (Å²) in [7, 11) is 2.10. The molecule has 82 valence electrons. The van der Waals surface area contributed by atoms with Crippen LogP contribution in [0.25, 0.3) is 0 Å². The zero-order valence-corrected chi connectivity index (χ0v) is 9.95. The van der Waals surface area contributed by atoms with E-state index in [-0.39, 0.29) is 12.4 Å². The molecule has 1 aromatic carbocycles. The number of halogens is 1. The molecule has 0 radical (unpaired) electrons. The Kier molecular flexibility index (Phi) is 4.04. The van der Waals surface area contributed by atoms with E-state index in [0.717, 1.165) is 6.54 Å². The van der Waals surface area contributed by atoms with Crippen molar-refractivity contribution < 1.29 is 0 Å². The van der Waals surface area contributed by atoms with Gasteiger partial charge in [0.15, 0.2) is 0 Å². The average molecular weight is 225 g/mol. The van der Waals surface area contributed by atoms with Crippen LogP contribution in [0.15, 0.2) is 42.7 Å². The van der Waals surface area contributed by atoms with Crippen LogP contribution in [0.3, 0.4) is 0 Å². The molecule has 1 aliphatic heterocycles. The summed E-state index contributed by atoms with van der Waals surface area (Å²) in [5.41, 5.74) is 1.36. The van der Waals surface area contributed by atoms with Gasteiger partial charge in [-0.3, -0.25) is 0 Å². The predicted molar refractivity (Wildman–Crippen MR) is 65.6 cm³/mol. The maximum Gasteiger partial charge on any atom is 0.0978 e. The van der Waals surface area contributed by atoms with Gasteiger partial charge in [0, 0.05) is 26.0 Å². The number of benzene rings is 1. The van der Waals surface area contributed by atoms with Gasteiger partial charge in [0.2, 0.25) is 0 Å². The fourth-order valence-electron chi connectivity index (χ4n) is 1.65. The number of hydrogen-bond donors (Lipinski definition) is 0. The third-order valence-electron chi connectivity index (χ3n) is 2.77. The fraction of sp³-hybridized carbons (Fsp3) is 0.333. The number of hydrogen-bond acceptors (Lipinski definition) is 2. The second-order valence-corrected chi connectivity index (χ2v) is 3.75. The average Bonchev–Trinajstić information content (AvgIpc) is 2.52. The lowest BCUT2D eigenvalue weighted by atomic mass is 10.2. The molecular formula is C12H17ClN2. The van der Waals surface area contributed by atoms with Gasteiger partial charge in [-0.25, -0.2) is 0 Å². The summed E-state index contributed by atoms with van der Waals surface area (Å²) in [4.78, 5) is 4.54. The molecule has 0 fully saturated rings. The maximum absolute atomic E-state index is 2.33. The van der Waals surface area contributed by atoms with Gasteiger partial charge >= 0.3 is 0 Å². The largest absolute Gasteiger partial charge is 0.359 e. The minimum absolute atomic E-state index is 0. The third kappa shape index (κ3) is 2.66. The van der Waals surface area contributed by atoms with Gasteiger partial charge in [0.05, 0.1) is 6.17 Å². The van der Waals surface area contributed by atoms with E-state index in [2.05, 4.69) is 66.5 Å². The normalized spacial score (nSPS) is 19.2. The first-order valence-corrected chi connectivity index (χ1v) is 4.97.